The number of carbonyl (C=O) groups is 5. The van der Waals surface area contributed by atoms with Gasteiger partial charge in [-0.25, -0.2) is 27.2 Å². The Hall–Kier alpha value is -6.39. The van der Waals surface area contributed by atoms with E-state index in [1.807, 2.05) is 0 Å². The minimum Gasteiger partial charge on any atom is -0.547 e. The van der Waals surface area contributed by atoms with Crippen LogP contribution in [0.2, 0.25) is 0 Å². The molecule has 0 saturated carbocycles. The van der Waals surface area contributed by atoms with Crippen molar-refractivity contribution in [3.05, 3.63) is 161 Å². The molecule has 0 bridgehead atoms. The van der Waals surface area contributed by atoms with E-state index < -0.39 is 64.2 Å². The third kappa shape index (κ3) is 11.5. The van der Waals surface area contributed by atoms with E-state index >= 15 is 0 Å². The molecule has 2 aliphatic heterocycles. The number of carbonyl (C=O) groups excluding carboxylic acids is 5. The van der Waals surface area contributed by atoms with Gasteiger partial charge in [-0.05, 0) is 67.9 Å². The normalized spacial score (nSPS) is 17.3. The molecule has 288 valence electrons. The second-order valence-electron chi connectivity index (χ2n) is 10.9. The third-order valence-electron chi connectivity index (χ3n) is 7.19. The molecule has 18 heteroatoms. The van der Waals surface area contributed by atoms with Crippen LogP contribution in [0.25, 0.3) is 0 Å². The van der Waals surface area contributed by atoms with Gasteiger partial charge in [-0.1, -0.05) is 30.9 Å². The second-order valence-corrected chi connectivity index (χ2v) is 10.9. The van der Waals surface area contributed by atoms with Crippen LogP contribution in [0.1, 0.15) is 38.9 Å². The van der Waals surface area contributed by atoms with Crippen molar-refractivity contribution in [2.24, 2.45) is 0 Å². The SMILES string of the molecule is C=C(C)C(=O)OCCOC(=O)c1ccc(C(=O)[O-])nc1.O=C([O-])C1(c2ccc(F)cc2F)C=CC=CN1.O=C([O-])C1(c2ccc(F)cc2F)C=CC=CN1.[Ir+3]. The minimum absolute atomic E-state index is 0. The number of allylic oxidation sites excluding steroid dienone is 4. The van der Waals surface area contributed by atoms with Gasteiger partial charge >= 0.3 is 32.0 Å². The molecule has 2 unspecified atom stereocenters. The van der Waals surface area contributed by atoms with Gasteiger partial charge in [0.25, 0.3) is 0 Å². The summed E-state index contributed by atoms with van der Waals surface area (Å²) >= 11 is 0. The molecule has 0 fully saturated rings. The van der Waals surface area contributed by atoms with E-state index in [2.05, 4.69) is 22.2 Å². The number of rotatable bonds is 10. The molecule has 2 atom stereocenters. The van der Waals surface area contributed by atoms with Crippen molar-refractivity contribution in [3.8, 4) is 0 Å². The molecule has 1 aromatic heterocycles. The number of carboxylic acids is 3. The summed E-state index contributed by atoms with van der Waals surface area (Å²) < 4.78 is 62.3. The molecule has 0 spiro atoms. The average Bonchev–Trinajstić information content (AvgIpc) is 3.14. The summed E-state index contributed by atoms with van der Waals surface area (Å²) in [6, 6.07) is 7.80. The topological polar surface area (TPSA) is 210 Å². The van der Waals surface area contributed by atoms with Gasteiger partial charge in [-0.2, -0.15) is 0 Å². The number of pyridine rings is 1. The summed E-state index contributed by atoms with van der Waals surface area (Å²) in [6.45, 7) is 4.67. The fraction of sp³-hybridized carbons (Fsp3) is 0.135. The van der Waals surface area contributed by atoms with E-state index in [0.29, 0.717) is 12.1 Å². The quantitative estimate of drug-likeness (QED) is 0.125. The molecule has 0 radical (unpaired) electrons. The van der Waals surface area contributed by atoms with E-state index in [-0.39, 0.29) is 61.3 Å². The Morgan fingerprint density at radius 2 is 1.20 bits per heavy atom. The molecule has 5 rings (SSSR count). The van der Waals surface area contributed by atoms with E-state index in [1.54, 1.807) is 12.2 Å². The Morgan fingerprint density at radius 3 is 1.55 bits per heavy atom. The summed E-state index contributed by atoms with van der Waals surface area (Å²) in [5.74, 6) is -9.15. The largest absolute Gasteiger partial charge is 3.00 e. The maximum absolute atomic E-state index is 13.6. The first-order chi connectivity index (χ1) is 25.5. The number of benzene rings is 2. The number of nitrogens with one attached hydrogen (secondary N) is 2. The zero-order chi connectivity index (χ0) is 40.1. The van der Waals surface area contributed by atoms with Crippen LogP contribution in [-0.2, 0) is 55.0 Å². The van der Waals surface area contributed by atoms with Crippen LogP contribution in [0.4, 0.5) is 17.6 Å². The number of carboxylic acid groups (broad SMARTS) is 3. The number of aromatic carboxylic acids is 1. The van der Waals surface area contributed by atoms with Crippen LogP contribution < -0.4 is 26.0 Å². The Kier molecular flexibility index (Phi) is 16.4. The van der Waals surface area contributed by atoms with E-state index in [1.165, 1.54) is 49.7 Å². The van der Waals surface area contributed by atoms with Gasteiger partial charge in [-0.15, -0.1) is 0 Å². The molecule has 2 N–H and O–H groups in total. The Bertz CT molecular complexity index is 1960. The van der Waals surface area contributed by atoms with Gasteiger partial charge in [0.1, 0.15) is 47.6 Å². The molecule has 55 heavy (non-hydrogen) atoms. The predicted molar refractivity (Wildman–Crippen MR) is 174 cm³/mol. The summed E-state index contributed by atoms with van der Waals surface area (Å²) in [5.41, 5.74) is -3.94. The number of aromatic nitrogens is 1. The second kappa shape index (κ2) is 20.2. The number of aliphatic carboxylic acids is 2. The van der Waals surface area contributed by atoms with Crippen molar-refractivity contribution in [1.82, 2.24) is 15.6 Å². The molecule has 3 aromatic rings. The van der Waals surface area contributed by atoms with Crippen molar-refractivity contribution in [1.29, 1.82) is 0 Å². The molecule has 0 amide bonds. The van der Waals surface area contributed by atoms with Crippen molar-refractivity contribution >= 4 is 29.8 Å². The number of hydrogen-bond donors (Lipinski definition) is 2. The standard InChI is InChI=1S/C13H13NO6.2C12H9F2NO2.Ir/c1-8(2)12(17)19-5-6-20-13(18)9-3-4-10(11(15)16)14-7-9;2*13-8-3-4-9(10(14)7-8)12(11(16)17)5-1-2-6-15-12;/h3-4,7H,1,5-6H2,2H3,(H,15,16);2*1-7,15H,(H,16,17);/q;;;+3/p-3. The smallest absolute Gasteiger partial charge is 0.547 e. The summed E-state index contributed by atoms with van der Waals surface area (Å²) in [5, 5.41) is 37.9. The predicted octanol–water partition coefficient (Wildman–Crippen LogP) is 0.885. The van der Waals surface area contributed by atoms with Gasteiger partial charge in [0.2, 0.25) is 0 Å². The van der Waals surface area contributed by atoms with Gasteiger partial charge in [-0.3, -0.25) is 4.98 Å². The zero-order valence-electron chi connectivity index (χ0n) is 28.3. The monoisotopic (exact) mass is 943 g/mol. The van der Waals surface area contributed by atoms with Gasteiger partial charge < -0.3 is 49.8 Å². The van der Waals surface area contributed by atoms with Crippen LogP contribution in [0.3, 0.4) is 0 Å². The van der Waals surface area contributed by atoms with Crippen molar-refractivity contribution in [2.45, 2.75) is 18.0 Å². The molecule has 3 heterocycles. The van der Waals surface area contributed by atoms with Crippen molar-refractivity contribution in [3.63, 3.8) is 0 Å². The first-order valence-electron chi connectivity index (χ1n) is 15.3. The summed E-state index contributed by atoms with van der Waals surface area (Å²) in [7, 11) is 0. The van der Waals surface area contributed by atoms with E-state index in [9.17, 15) is 56.9 Å². The number of hydrogen-bond acceptors (Lipinski definition) is 13. The molecule has 13 nitrogen and oxygen atoms in total. The molecule has 0 saturated heterocycles. The van der Waals surface area contributed by atoms with Crippen LogP contribution in [0.5, 0.6) is 0 Å². The van der Waals surface area contributed by atoms with Crippen LogP contribution >= 0.6 is 0 Å². The number of nitrogens with zero attached hydrogens (tertiary/aromatic N) is 1. The minimum atomic E-state index is -1.80. The number of ether oxygens (including phenoxy) is 2. The van der Waals surface area contributed by atoms with Crippen LogP contribution in [0, 0.1) is 23.3 Å². The van der Waals surface area contributed by atoms with Crippen LogP contribution in [-0.4, -0.2) is 48.0 Å². The molecular formula is C37H28F4IrN3O10. The third-order valence-corrected chi connectivity index (χ3v) is 7.19. The van der Waals surface area contributed by atoms with Gasteiger partial charge in [0.05, 0.1) is 29.2 Å². The fourth-order valence-corrected chi connectivity index (χ4v) is 4.50. The maximum Gasteiger partial charge on any atom is 3.00 e. The van der Waals surface area contributed by atoms with E-state index in [0.717, 1.165) is 36.5 Å². The summed E-state index contributed by atoms with van der Waals surface area (Å²) in [6.07, 6.45) is 12.3. The summed E-state index contributed by atoms with van der Waals surface area (Å²) in [4.78, 5) is 58.9. The number of halogens is 4. The molecule has 2 aromatic carbocycles. The van der Waals surface area contributed by atoms with Gasteiger partial charge in [0.15, 0.2) is 0 Å². The molecular weight excluding hydrogens is 915 g/mol. The molecule has 2 aliphatic rings. The first kappa shape index (κ1) is 44.8. The fourth-order valence-electron chi connectivity index (χ4n) is 4.50. The number of dihydropyridines is 2. The van der Waals surface area contributed by atoms with Crippen molar-refractivity contribution < 1.29 is 86.4 Å². The van der Waals surface area contributed by atoms with Gasteiger partial charge in [0, 0.05) is 35.0 Å². The Balaban J connectivity index is 0.000000284. The van der Waals surface area contributed by atoms with Crippen LogP contribution in [0.15, 0.2) is 116 Å². The molecule has 0 aliphatic carbocycles. The average molecular weight is 943 g/mol. The number of esters is 2. The first-order valence-corrected chi connectivity index (χ1v) is 15.3. The van der Waals surface area contributed by atoms with E-state index in [4.69, 9.17) is 9.47 Å². The maximum atomic E-state index is 13.6. The van der Waals surface area contributed by atoms with Crippen molar-refractivity contribution in [2.75, 3.05) is 13.2 Å². The zero-order valence-corrected chi connectivity index (χ0v) is 30.7. The Morgan fingerprint density at radius 1 is 0.727 bits per heavy atom. The Labute approximate surface area is 323 Å².